The molecule has 7 nitrogen and oxygen atoms in total. The summed E-state index contributed by atoms with van der Waals surface area (Å²) in [6, 6.07) is 11.9. The van der Waals surface area contributed by atoms with Crippen molar-refractivity contribution in [2.75, 3.05) is 31.1 Å². The van der Waals surface area contributed by atoms with Crippen molar-refractivity contribution in [2.45, 2.75) is 6.42 Å². The third-order valence-electron chi connectivity index (χ3n) is 4.64. The smallest absolute Gasteiger partial charge is 0.270 e. The number of anilines is 1. The van der Waals surface area contributed by atoms with Crippen molar-refractivity contribution < 1.29 is 9.21 Å². The van der Waals surface area contributed by atoms with Crippen LogP contribution in [-0.2, 0) is 6.42 Å². The molecule has 7 heteroatoms. The molecule has 1 saturated heterocycles. The average Bonchev–Trinajstić information content (AvgIpc) is 3.14. The SMILES string of the molecule is NC(=O)c1nc(-c2ccncc2)oc1Cc1ccc(N2CCNCC2)cc1. The molecule has 0 unspecified atom stereocenters. The lowest BCUT2D eigenvalue weighted by molar-refractivity contribution is 0.0994. The molecule has 1 fully saturated rings. The normalized spacial score (nSPS) is 14.3. The molecule has 0 aliphatic carbocycles. The van der Waals surface area contributed by atoms with Gasteiger partial charge in [0.05, 0.1) is 0 Å². The second kappa shape index (κ2) is 7.59. The fraction of sp³-hybridized carbons (Fsp3) is 0.250. The van der Waals surface area contributed by atoms with Gasteiger partial charge in [0.15, 0.2) is 5.69 Å². The lowest BCUT2D eigenvalue weighted by atomic mass is 10.1. The standard InChI is InChI=1S/C20H21N5O2/c21-19(26)18-17(27-20(24-18)15-5-7-22-8-6-15)13-14-1-3-16(4-2-14)25-11-9-23-10-12-25/h1-8,23H,9-13H2,(H2,21,26). The van der Waals surface area contributed by atoms with E-state index in [1.807, 2.05) is 0 Å². The molecule has 0 bridgehead atoms. The number of rotatable bonds is 5. The summed E-state index contributed by atoms with van der Waals surface area (Å²) < 4.78 is 5.85. The van der Waals surface area contributed by atoms with Gasteiger partial charge in [-0.2, -0.15) is 0 Å². The summed E-state index contributed by atoms with van der Waals surface area (Å²) >= 11 is 0. The molecule has 1 aromatic carbocycles. The molecule has 3 heterocycles. The molecule has 3 aromatic rings. The summed E-state index contributed by atoms with van der Waals surface area (Å²) in [5.74, 6) is 0.259. The highest BCUT2D eigenvalue weighted by Gasteiger charge is 2.19. The van der Waals surface area contributed by atoms with Gasteiger partial charge in [0.1, 0.15) is 5.76 Å². The highest BCUT2D eigenvalue weighted by Crippen LogP contribution is 2.24. The Bertz CT molecular complexity index is 915. The number of hydrogen-bond acceptors (Lipinski definition) is 6. The molecule has 1 amide bonds. The Labute approximate surface area is 157 Å². The van der Waals surface area contributed by atoms with Crippen molar-refractivity contribution in [1.29, 1.82) is 0 Å². The first-order valence-corrected chi connectivity index (χ1v) is 8.95. The van der Waals surface area contributed by atoms with Gasteiger partial charge in [0.2, 0.25) is 5.89 Å². The molecule has 3 N–H and O–H groups in total. The Balaban J connectivity index is 1.56. The number of nitrogens with one attached hydrogen (secondary N) is 1. The number of carbonyl (C=O) groups excluding carboxylic acids is 1. The fourth-order valence-corrected chi connectivity index (χ4v) is 3.22. The van der Waals surface area contributed by atoms with E-state index in [4.69, 9.17) is 10.2 Å². The number of benzene rings is 1. The molecule has 2 aromatic heterocycles. The summed E-state index contributed by atoms with van der Waals surface area (Å²) in [6.07, 6.45) is 3.76. The average molecular weight is 363 g/mol. The van der Waals surface area contributed by atoms with Gasteiger partial charge in [0.25, 0.3) is 5.91 Å². The molecule has 4 rings (SSSR count). The number of amides is 1. The number of aromatic nitrogens is 2. The molecule has 0 saturated carbocycles. The van der Waals surface area contributed by atoms with Gasteiger partial charge in [-0.25, -0.2) is 4.98 Å². The maximum atomic E-state index is 11.8. The largest absolute Gasteiger partial charge is 0.440 e. The van der Waals surface area contributed by atoms with Crippen LogP contribution in [0.4, 0.5) is 5.69 Å². The van der Waals surface area contributed by atoms with E-state index in [-0.39, 0.29) is 5.69 Å². The number of nitrogens with zero attached hydrogens (tertiary/aromatic N) is 3. The first-order valence-electron chi connectivity index (χ1n) is 8.95. The van der Waals surface area contributed by atoms with Gasteiger partial charge in [-0.05, 0) is 29.8 Å². The molecule has 0 radical (unpaired) electrons. The third kappa shape index (κ3) is 3.83. The first kappa shape index (κ1) is 17.2. The van der Waals surface area contributed by atoms with Crippen LogP contribution in [0, 0.1) is 0 Å². The highest BCUT2D eigenvalue weighted by atomic mass is 16.4. The summed E-state index contributed by atoms with van der Waals surface area (Å²) in [5, 5.41) is 3.35. The molecular weight excluding hydrogens is 342 g/mol. The van der Waals surface area contributed by atoms with E-state index < -0.39 is 5.91 Å². The lowest BCUT2D eigenvalue weighted by Crippen LogP contribution is -2.43. The van der Waals surface area contributed by atoms with Crippen LogP contribution in [0.15, 0.2) is 53.2 Å². The second-order valence-electron chi connectivity index (χ2n) is 6.47. The van der Waals surface area contributed by atoms with Gasteiger partial charge >= 0.3 is 0 Å². The number of carbonyl (C=O) groups is 1. The maximum absolute atomic E-state index is 11.8. The molecule has 27 heavy (non-hydrogen) atoms. The minimum atomic E-state index is -0.591. The predicted octanol–water partition coefficient (Wildman–Crippen LogP) is 1.84. The van der Waals surface area contributed by atoms with Crippen molar-refractivity contribution in [1.82, 2.24) is 15.3 Å². The van der Waals surface area contributed by atoms with E-state index in [0.717, 1.165) is 37.3 Å². The Morgan fingerprint density at radius 1 is 1.11 bits per heavy atom. The van der Waals surface area contributed by atoms with E-state index in [1.165, 1.54) is 5.69 Å². The van der Waals surface area contributed by atoms with Crippen LogP contribution >= 0.6 is 0 Å². The van der Waals surface area contributed by atoms with Crippen molar-refractivity contribution in [3.05, 3.63) is 65.8 Å². The van der Waals surface area contributed by atoms with Crippen LogP contribution < -0.4 is 16.0 Å². The number of oxazole rings is 1. The minimum Gasteiger partial charge on any atom is -0.440 e. The molecule has 1 aliphatic rings. The number of pyridine rings is 1. The maximum Gasteiger partial charge on any atom is 0.270 e. The van der Waals surface area contributed by atoms with Gasteiger partial charge < -0.3 is 20.4 Å². The fourth-order valence-electron chi connectivity index (χ4n) is 3.22. The number of hydrogen-bond donors (Lipinski definition) is 2. The van der Waals surface area contributed by atoms with Gasteiger partial charge in [-0.15, -0.1) is 0 Å². The quantitative estimate of drug-likeness (QED) is 0.718. The van der Waals surface area contributed by atoms with E-state index >= 15 is 0 Å². The molecular formula is C20H21N5O2. The molecule has 1 aliphatic heterocycles. The molecule has 138 valence electrons. The lowest BCUT2D eigenvalue weighted by Gasteiger charge is -2.29. The van der Waals surface area contributed by atoms with Gasteiger partial charge in [-0.3, -0.25) is 9.78 Å². The van der Waals surface area contributed by atoms with Crippen LogP contribution in [0.1, 0.15) is 21.8 Å². The zero-order valence-electron chi connectivity index (χ0n) is 14.9. The van der Waals surface area contributed by atoms with Crippen LogP contribution in [-0.4, -0.2) is 42.1 Å². The number of primary amides is 1. The summed E-state index contributed by atoms with van der Waals surface area (Å²) in [5.41, 5.74) is 8.66. The topological polar surface area (TPSA) is 97.3 Å². The van der Waals surface area contributed by atoms with Crippen LogP contribution in [0.2, 0.25) is 0 Å². The third-order valence-corrected chi connectivity index (χ3v) is 4.64. The minimum absolute atomic E-state index is 0.174. The zero-order valence-corrected chi connectivity index (χ0v) is 14.9. The molecule has 0 atom stereocenters. The summed E-state index contributed by atoms with van der Waals surface area (Å²) in [4.78, 5) is 22.4. The van der Waals surface area contributed by atoms with Crippen molar-refractivity contribution in [3.63, 3.8) is 0 Å². The van der Waals surface area contributed by atoms with E-state index in [1.54, 1.807) is 24.5 Å². The number of piperazine rings is 1. The zero-order chi connectivity index (χ0) is 18.6. The van der Waals surface area contributed by atoms with Crippen LogP contribution in [0.25, 0.3) is 11.5 Å². The van der Waals surface area contributed by atoms with E-state index in [0.29, 0.717) is 18.1 Å². The van der Waals surface area contributed by atoms with E-state index in [9.17, 15) is 4.79 Å². The van der Waals surface area contributed by atoms with Crippen LogP contribution in [0.3, 0.4) is 0 Å². The monoisotopic (exact) mass is 363 g/mol. The summed E-state index contributed by atoms with van der Waals surface area (Å²) in [7, 11) is 0. The van der Waals surface area contributed by atoms with Crippen LogP contribution in [0.5, 0.6) is 0 Å². The van der Waals surface area contributed by atoms with Crippen molar-refractivity contribution in [3.8, 4) is 11.5 Å². The van der Waals surface area contributed by atoms with Gasteiger partial charge in [-0.1, -0.05) is 12.1 Å². The van der Waals surface area contributed by atoms with Crippen molar-refractivity contribution in [2.24, 2.45) is 5.73 Å². The number of nitrogens with two attached hydrogens (primary N) is 1. The Hall–Kier alpha value is -3.19. The van der Waals surface area contributed by atoms with Gasteiger partial charge in [0, 0.05) is 56.2 Å². The van der Waals surface area contributed by atoms with Crippen molar-refractivity contribution >= 4 is 11.6 Å². The predicted molar refractivity (Wildman–Crippen MR) is 103 cm³/mol. The Morgan fingerprint density at radius 2 is 1.81 bits per heavy atom. The molecule has 0 spiro atoms. The van der Waals surface area contributed by atoms with E-state index in [2.05, 4.69) is 44.5 Å². The highest BCUT2D eigenvalue weighted by molar-refractivity contribution is 5.92. The first-order chi connectivity index (χ1) is 13.2. The second-order valence-corrected chi connectivity index (χ2v) is 6.47. The Kier molecular flexibility index (Phi) is 4.84. The summed E-state index contributed by atoms with van der Waals surface area (Å²) in [6.45, 7) is 4.00. The Morgan fingerprint density at radius 3 is 2.48 bits per heavy atom.